The number of methoxy groups -OCH3 is 1. The maximum absolute atomic E-state index is 13.7. The van der Waals surface area contributed by atoms with E-state index in [0.717, 1.165) is 6.07 Å². The van der Waals surface area contributed by atoms with Crippen LogP contribution in [0.25, 0.3) is 0 Å². The molecule has 1 N–H and O–H groups in total. The number of halogens is 3. The summed E-state index contributed by atoms with van der Waals surface area (Å²) in [6.45, 7) is 0. The fourth-order valence-electron chi connectivity index (χ4n) is 1.57. The van der Waals surface area contributed by atoms with Crippen molar-refractivity contribution < 1.29 is 18.6 Å². The molecule has 0 aromatic heterocycles. The van der Waals surface area contributed by atoms with Crippen molar-refractivity contribution in [2.75, 3.05) is 7.11 Å². The Hall–Kier alpha value is -0.870. The Morgan fingerprint density at radius 1 is 1.50 bits per heavy atom. The third-order valence-corrected chi connectivity index (χ3v) is 3.13. The van der Waals surface area contributed by atoms with Crippen molar-refractivity contribution >= 4 is 11.6 Å². The van der Waals surface area contributed by atoms with Gasteiger partial charge in [0.25, 0.3) is 0 Å². The van der Waals surface area contributed by atoms with Gasteiger partial charge >= 0.3 is 0 Å². The van der Waals surface area contributed by atoms with Crippen LogP contribution in [-0.2, 0) is 6.42 Å². The van der Waals surface area contributed by atoms with E-state index in [-0.39, 0.29) is 22.8 Å². The van der Waals surface area contributed by atoms with Crippen molar-refractivity contribution in [2.24, 2.45) is 0 Å². The van der Waals surface area contributed by atoms with E-state index in [4.69, 9.17) is 16.3 Å². The van der Waals surface area contributed by atoms with Crippen molar-refractivity contribution in [3.63, 3.8) is 0 Å². The summed E-state index contributed by atoms with van der Waals surface area (Å²) in [6.07, 6.45) is 1.08. The molecule has 0 bridgehead atoms. The lowest BCUT2D eigenvalue weighted by Gasteiger charge is -2.12. The molecule has 2 rings (SSSR count). The summed E-state index contributed by atoms with van der Waals surface area (Å²) < 4.78 is 32.0. The third-order valence-electron chi connectivity index (χ3n) is 2.77. The summed E-state index contributed by atoms with van der Waals surface area (Å²) in [5.41, 5.74) is -1.13. The molecule has 1 aliphatic rings. The molecule has 1 aromatic rings. The van der Waals surface area contributed by atoms with Crippen molar-refractivity contribution in [3.8, 4) is 5.75 Å². The zero-order chi connectivity index (χ0) is 11.9. The minimum Gasteiger partial charge on any atom is -0.495 e. The third kappa shape index (κ3) is 1.99. The minimum absolute atomic E-state index is 0.0387. The van der Waals surface area contributed by atoms with E-state index in [2.05, 4.69) is 0 Å². The van der Waals surface area contributed by atoms with E-state index in [9.17, 15) is 13.9 Å². The molecule has 0 radical (unpaired) electrons. The molecule has 0 unspecified atom stereocenters. The lowest BCUT2D eigenvalue weighted by atomic mass is 10.0. The van der Waals surface area contributed by atoms with Gasteiger partial charge in [-0.15, -0.1) is 0 Å². The van der Waals surface area contributed by atoms with Crippen molar-refractivity contribution in [1.82, 2.24) is 0 Å². The van der Waals surface area contributed by atoms with Gasteiger partial charge in [-0.1, -0.05) is 11.6 Å². The SMILES string of the molecule is COc1cc(F)c(CC2(O)CC2)c(F)c1Cl. The van der Waals surface area contributed by atoms with Crippen LogP contribution in [0.15, 0.2) is 6.07 Å². The summed E-state index contributed by atoms with van der Waals surface area (Å²) in [6, 6.07) is 1.03. The first-order valence-corrected chi connectivity index (χ1v) is 5.27. The number of rotatable bonds is 3. The fraction of sp³-hybridized carbons (Fsp3) is 0.455. The van der Waals surface area contributed by atoms with Gasteiger partial charge in [-0.25, -0.2) is 8.78 Å². The molecule has 5 heteroatoms. The quantitative estimate of drug-likeness (QED) is 0.834. The van der Waals surface area contributed by atoms with E-state index in [0.29, 0.717) is 12.8 Å². The van der Waals surface area contributed by atoms with Crippen LogP contribution < -0.4 is 4.74 Å². The minimum atomic E-state index is -0.959. The van der Waals surface area contributed by atoms with Crippen molar-refractivity contribution in [1.29, 1.82) is 0 Å². The first kappa shape index (κ1) is 11.6. The van der Waals surface area contributed by atoms with Crippen LogP contribution in [0.4, 0.5) is 8.78 Å². The van der Waals surface area contributed by atoms with Gasteiger partial charge in [0.1, 0.15) is 16.6 Å². The van der Waals surface area contributed by atoms with E-state index in [1.807, 2.05) is 0 Å². The Morgan fingerprint density at radius 3 is 2.62 bits per heavy atom. The fourth-order valence-corrected chi connectivity index (χ4v) is 1.82. The number of aliphatic hydroxyl groups is 1. The van der Waals surface area contributed by atoms with Crippen molar-refractivity contribution in [2.45, 2.75) is 24.9 Å². The summed E-state index contributed by atoms with van der Waals surface area (Å²) in [7, 11) is 1.29. The van der Waals surface area contributed by atoms with Gasteiger partial charge in [-0.05, 0) is 12.8 Å². The summed E-state index contributed by atoms with van der Waals surface area (Å²) >= 11 is 5.67. The highest BCUT2D eigenvalue weighted by molar-refractivity contribution is 6.32. The Kier molecular flexibility index (Phi) is 2.80. The zero-order valence-electron chi connectivity index (χ0n) is 8.69. The van der Waals surface area contributed by atoms with Crippen molar-refractivity contribution in [3.05, 3.63) is 28.3 Å². The molecule has 1 aliphatic carbocycles. The van der Waals surface area contributed by atoms with Gasteiger partial charge < -0.3 is 9.84 Å². The molecule has 1 fully saturated rings. The highest BCUT2D eigenvalue weighted by atomic mass is 35.5. The maximum Gasteiger partial charge on any atom is 0.151 e. The normalized spacial score (nSPS) is 17.3. The molecule has 88 valence electrons. The van der Waals surface area contributed by atoms with Crippen LogP contribution in [0.1, 0.15) is 18.4 Å². The maximum atomic E-state index is 13.7. The highest BCUT2D eigenvalue weighted by Gasteiger charge is 2.42. The topological polar surface area (TPSA) is 29.5 Å². The second kappa shape index (κ2) is 3.86. The standard InChI is InChI=1S/C11H11ClF2O2/c1-16-8-4-7(13)6(10(14)9(8)12)5-11(15)2-3-11/h4,15H,2-3,5H2,1H3. The van der Waals surface area contributed by atoms with Crippen LogP contribution in [0, 0.1) is 11.6 Å². The lowest BCUT2D eigenvalue weighted by molar-refractivity contribution is 0.148. The molecule has 0 saturated heterocycles. The Bertz CT molecular complexity index is 430. The van der Waals surface area contributed by atoms with Gasteiger partial charge in [-0.2, -0.15) is 0 Å². The molecule has 1 aromatic carbocycles. The zero-order valence-corrected chi connectivity index (χ0v) is 9.44. The molecule has 0 spiro atoms. The Morgan fingerprint density at radius 2 is 2.12 bits per heavy atom. The molecular weight excluding hydrogens is 238 g/mol. The smallest absolute Gasteiger partial charge is 0.151 e. The average Bonchev–Trinajstić information content (AvgIpc) is 2.97. The molecule has 2 nitrogen and oxygen atoms in total. The summed E-state index contributed by atoms with van der Waals surface area (Å²) in [5, 5.41) is 9.39. The van der Waals surface area contributed by atoms with Crippen LogP contribution in [0.2, 0.25) is 5.02 Å². The highest BCUT2D eigenvalue weighted by Crippen LogP contribution is 2.41. The monoisotopic (exact) mass is 248 g/mol. The number of ether oxygens (including phenoxy) is 1. The predicted octanol–water partition coefficient (Wildman–Crippen LogP) is 2.69. The van der Waals surface area contributed by atoms with E-state index in [1.54, 1.807) is 0 Å². The second-order valence-electron chi connectivity index (χ2n) is 4.07. The molecule has 16 heavy (non-hydrogen) atoms. The number of hydrogen-bond acceptors (Lipinski definition) is 2. The van der Waals surface area contributed by atoms with E-state index < -0.39 is 17.2 Å². The molecule has 0 heterocycles. The largest absolute Gasteiger partial charge is 0.495 e. The molecule has 0 atom stereocenters. The van der Waals surface area contributed by atoms with Crippen LogP contribution in [0.5, 0.6) is 5.75 Å². The average molecular weight is 249 g/mol. The van der Waals surface area contributed by atoms with E-state index in [1.165, 1.54) is 7.11 Å². The summed E-state index contributed by atoms with van der Waals surface area (Å²) in [4.78, 5) is 0. The Balaban J connectivity index is 2.41. The summed E-state index contributed by atoms with van der Waals surface area (Å²) in [5.74, 6) is -1.62. The first-order chi connectivity index (χ1) is 7.47. The van der Waals surface area contributed by atoms with Gasteiger partial charge in [0, 0.05) is 18.1 Å². The van der Waals surface area contributed by atoms with Gasteiger partial charge in [0.2, 0.25) is 0 Å². The first-order valence-electron chi connectivity index (χ1n) is 4.89. The molecule has 0 aliphatic heterocycles. The van der Waals surface area contributed by atoms with Crippen LogP contribution >= 0.6 is 11.6 Å². The Labute approximate surface area is 96.8 Å². The number of hydrogen-bond donors (Lipinski definition) is 1. The van der Waals surface area contributed by atoms with Crippen LogP contribution in [0.3, 0.4) is 0 Å². The van der Waals surface area contributed by atoms with Crippen LogP contribution in [-0.4, -0.2) is 17.8 Å². The van der Waals surface area contributed by atoms with Gasteiger partial charge in [-0.3, -0.25) is 0 Å². The van der Waals surface area contributed by atoms with Gasteiger partial charge in [0.05, 0.1) is 12.7 Å². The molecular formula is C11H11ClF2O2. The second-order valence-corrected chi connectivity index (χ2v) is 4.45. The molecule has 1 saturated carbocycles. The molecule has 0 amide bonds. The van der Waals surface area contributed by atoms with E-state index >= 15 is 0 Å². The number of benzene rings is 1. The lowest BCUT2D eigenvalue weighted by Crippen LogP contribution is -2.14. The van der Waals surface area contributed by atoms with Gasteiger partial charge in [0.15, 0.2) is 5.82 Å². The predicted molar refractivity (Wildman–Crippen MR) is 55.8 cm³/mol.